The van der Waals surface area contributed by atoms with Gasteiger partial charge in [0.05, 0.1) is 26.0 Å². The van der Waals surface area contributed by atoms with Gasteiger partial charge in [0.15, 0.2) is 11.8 Å². The van der Waals surface area contributed by atoms with Gasteiger partial charge < -0.3 is 39.4 Å². The molecule has 2 amide bonds. The molecule has 6 rings (SSSR count). The summed E-state index contributed by atoms with van der Waals surface area (Å²) < 4.78 is 25.5. The summed E-state index contributed by atoms with van der Waals surface area (Å²) in [6.45, 7) is 4.32. The topological polar surface area (TPSA) is 156 Å². The molecule has 2 bridgehead atoms. The van der Waals surface area contributed by atoms with Crippen molar-refractivity contribution in [1.29, 1.82) is 0 Å². The molecule has 2 aromatic rings. The number of benzene rings is 2. The molecule has 306 valence electrons. The molecule has 0 spiro atoms. The lowest BCUT2D eigenvalue weighted by atomic mass is 9.62. The van der Waals surface area contributed by atoms with E-state index in [4.69, 9.17) is 28.9 Å². The molecule has 2 unspecified atom stereocenters. The molecule has 0 aromatic heterocycles. The van der Waals surface area contributed by atoms with Gasteiger partial charge in [-0.3, -0.25) is 19.2 Å². The Hall–Kier alpha value is -3.85. The molecule has 1 saturated carbocycles. The number of carbonyl (C=O) groups is 3. The van der Waals surface area contributed by atoms with Gasteiger partial charge in [-0.05, 0) is 35.6 Å². The molecular formula is C43H59N3O10. The first-order chi connectivity index (χ1) is 27.2. The second-order valence-corrected chi connectivity index (χ2v) is 15.5. The number of fused-ring (bicyclic) bond motifs is 4. The van der Waals surface area contributed by atoms with Crippen molar-refractivity contribution < 1.29 is 48.4 Å². The Balaban J connectivity index is 1.38. The summed E-state index contributed by atoms with van der Waals surface area (Å²) in [5.74, 6) is -2.32. The maximum atomic E-state index is 15.5. The Labute approximate surface area is 330 Å². The van der Waals surface area contributed by atoms with Crippen molar-refractivity contribution in [2.75, 3.05) is 33.4 Å². The van der Waals surface area contributed by atoms with Crippen LogP contribution in [0, 0.1) is 5.41 Å². The molecular weight excluding hydrogens is 718 g/mol. The number of carbonyl (C=O) groups excluding carboxylic acids is 3. The van der Waals surface area contributed by atoms with Crippen LogP contribution in [0.15, 0.2) is 60.9 Å². The third kappa shape index (κ3) is 8.83. The third-order valence-corrected chi connectivity index (χ3v) is 11.6. The first kappa shape index (κ1) is 41.8. The number of amides is 2. The maximum absolute atomic E-state index is 15.5. The highest BCUT2D eigenvalue weighted by Gasteiger charge is 2.76. The van der Waals surface area contributed by atoms with Gasteiger partial charge in [0.2, 0.25) is 11.8 Å². The molecule has 13 nitrogen and oxygen atoms in total. The summed E-state index contributed by atoms with van der Waals surface area (Å²) in [5, 5.41) is 23.0. The highest BCUT2D eigenvalue weighted by atomic mass is 16.8. The maximum Gasteiger partial charge on any atom is 0.327 e. The fourth-order valence-corrected chi connectivity index (χ4v) is 8.91. The van der Waals surface area contributed by atoms with Gasteiger partial charge in [-0.1, -0.05) is 94.1 Å². The van der Waals surface area contributed by atoms with Crippen LogP contribution in [0.4, 0.5) is 0 Å². The molecule has 3 saturated heterocycles. The number of rotatable bonds is 21. The number of hydrogen-bond acceptors (Lipinski definition) is 11. The molecule has 0 radical (unpaired) electrons. The standard InChI is InChI=1S/C43H59N3O10/c1-4-6-11-19-42(20-12-7-5-2)54-35-34-28-43(41(51)45(3)33(39(49)44-21-22-47)27-30-14-9-8-10-15-30)37(40(50)53-34)46(56-38(43)36(35)55-42)29-32-17-13-16-31(26-32)18-24-52-25-23-48/h8-10,13-18,24,26,33-38,47-48H,4-7,11-12,19-23,25,27-29H2,1-3H3,(H,44,49)/t33-,34?,35+,36+,37+,38-,43?/m1/s1. The number of likely N-dealkylation sites (N-methyl/N-ethyl adjacent to an activating group) is 1. The Morgan fingerprint density at radius 1 is 0.982 bits per heavy atom. The van der Waals surface area contributed by atoms with Crippen LogP contribution in [0.3, 0.4) is 0 Å². The second kappa shape index (κ2) is 19.1. The van der Waals surface area contributed by atoms with Gasteiger partial charge in [0, 0.05) is 39.3 Å². The van der Waals surface area contributed by atoms with Crippen molar-refractivity contribution in [3.63, 3.8) is 0 Å². The van der Waals surface area contributed by atoms with Crippen LogP contribution in [-0.2, 0) is 51.1 Å². The summed E-state index contributed by atoms with van der Waals surface area (Å²) in [6, 6.07) is 15.0. The first-order valence-corrected chi connectivity index (χ1v) is 20.4. The molecule has 2 aromatic carbocycles. The fraction of sp³-hybridized carbons (Fsp3) is 0.605. The number of nitrogens with one attached hydrogen (secondary N) is 1. The van der Waals surface area contributed by atoms with E-state index in [-0.39, 0.29) is 45.8 Å². The summed E-state index contributed by atoms with van der Waals surface area (Å²) in [5.41, 5.74) is 1.04. The molecule has 56 heavy (non-hydrogen) atoms. The second-order valence-electron chi connectivity index (χ2n) is 15.5. The van der Waals surface area contributed by atoms with E-state index in [1.807, 2.05) is 54.6 Å². The Morgan fingerprint density at radius 2 is 1.70 bits per heavy atom. The molecule has 3 heterocycles. The fourth-order valence-electron chi connectivity index (χ4n) is 8.91. The zero-order valence-electron chi connectivity index (χ0n) is 33.0. The van der Waals surface area contributed by atoms with Crippen LogP contribution in [0.1, 0.15) is 88.3 Å². The lowest BCUT2D eigenvalue weighted by Crippen LogP contribution is -2.70. The SMILES string of the molecule is CCCCCC1(CCCCC)O[C@@H]2[C@H]3ON(Cc4cccc(C=COCCO)c4)[C@H]4C(=O)OC(CC34C(=O)N(C)[C@H](Cc3ccccc3)C(=O)NCCO)[C@@H]2O1. The minimum Gasteiger partial charge on any atom is -0.499 e. The minimum absolute atomic E-state index is 0.0305. The highest BCUT2D eigenvalue weighted by Crippen LogP contribution is 2.58. The van der Waals surface area contributed by atoms with Crippen LogP contribution in [0.5, 0.6) is 0 Å². The van der Waals surface area contributed by atoms with Crippen molar-refractivity contribution in [3.8, 4) is 0 Å². The van der Waals surface area contributed by atoms with E-state index < -0.39 is 65.5 Å². The van der Waals surface area contributed by atoms with Crippen LogP contribution in [0.25, 0.3) is 6.08 Å². The Kier molecular flexibility index (Phi) is 14.2. The van der Waals surface area contributed by atoms with Crippen molar-refractivity contribution in [1.82, 2.24) is 15.3 Å². The van der Waals surface area contributed by atoms with E-state index in [2.05, 4.69) is 19.2 Å². The van der Waals surface area contributed by atoms with Crippen LogP contribution >= 0.6 is 0 Å². The van der Waals surface area contributed by atoms with Gasteiger partial charge in [-0.2, -0.15) is 5.06 Å². The lowest BCUT2D eigenvalue weighted by Gasteiger charge is -2.50. The van der Waals surface area contributed by atoms with Crippen molar-refractivity contribution in [2.45, 2.75) is 127 Å². The van der Waals surface area contributed by atoms with Gasteiger partial charge in [0.1, 0.15) is 42.5 Å². The number of ether oxygens (including phenoxy) is 4. The number of unbranched alkanes of at least 4 members (excludes halogenated alkanes) is 4. The molecule has 13 heteroatoms. The number of aliphatic hydroxyl groups is 2. The van der Waals surface area contributed by atoms with E-state index in [1.165, 1.54) is 11.2 Å². The van der Waals surface area contributed by atoms with Crippen LogP contribution < -0.4 is 5.32 Å². The summed E-state index contributed by atoms with van der Waals surface area (Å²) >= 11 is 0. The van der Waals surface area contributed by atoms with Gasteiger partial charge in [0.25, 0.3) is 0 Å². The zero-order chi connectivity index (χ0) is 39.7. The number of aliphatic hydroxyl groups excluding tert-OH is 2. The number of nitrogens with zero attached hydrogens (tertiary/aromatic N) is 2. The predicted molar refractivity (Wildman–Crippen MR) is 207 cm³/mol. The van der Waals surface area contributed by atoms with Crippen molar-refractivity contribution in [3.05, 3.63) is 77.5 Å². The molecule has 4 fully saturated rings. The minimum atomic E-state index is -1.47. The molecule has 7 atom stereocenters. The van der Waals surface area contributed by atoms with Crippen molar-refractivity contribution in [2.24, 2.45) is 5.41 Å². The van der Waals surface area contributed by atoms with E-state index in [0.29, 0.717) is 12.8 Å². The number of hydrogen-bond donors (Lipinski definition) is 3. The van der Waals surface area contributed by atoms with Gasteiger partial charge in [-0.15, -0.1) is 0 Å². The molecule has 3 N–H and O–H groups in total. The van der Waals surface area contributed by atoms with E-state index in [1.54, 1.807) is 18.2 Å². The van der Waals surface area contributed by atoms with E-state index >= 15 is 4.79 Å². The lowest BCUT2D eigenvalue weighted by molar-refractivity contribution is -0.225. The summed E-state index contributed by atoms with van der Waals surface area (Å²) in [7, 11) is 1.61. The number of hydroxylamine groups is 2. The monoisotopic (exact) mass is 777 g/mol. The Bertz CT molecular complexity index is 1650. The van der Waals surface area contributed by atoms with Gasteiger partial charge >= 0.3 is 5.97 Å². The van der Waals surface area contributed by atoms with Crippen molar-refractivity contribution >= 4 is 23.9 Å². The molecule has 1 aliphatic carbocycles. The number of esters is 1. The van der Waals surface area contributed by atoms with Crippen LogP contribution in [-0.4, -0.2) is 114 Å². The highest BCUT2D eigenvalue weighted by molar-refractivity contribution is 5.96. The largest absolute Gasteiger partial charge is 0.499 e. The average molecular weight is 778 g/mol. The van der Waals surface area contributed by atoms with Crippen LogP contribution in [0.2, 0.25) is 0 Å². The summed E-state index contributed by atoms with van der Waals surface area (Å²) in [4.78, 5) is 52.0. The smallest absolute Gasteiger partial charge is 0.327 e. The first-order valence-electron chi connectivity index (χ1n) is 20.4. The normalized spacial score (nSPS) is 26.8. The molecule has 4 aliphatic rings. The quantitative estimate of drug-likeness (QED) is 0.0945. The average Bonchev–Trinajstić information content (AvgIpc) is 3.76. The summed E-state index contributed by atoms with van der Waals surface area (Å²) in [6.07, 6.45) is 7.88. The molecule has 3 aliphatic heterocycles. The van der Waals surface area contributed by atoms with E-state index in [9.17, 15) is 14.7 Å². The zero-order valence-corrected chi connectivity index (χ0v) is 33.0. The Morgan fingerprint density at radius 3 is 2.39 bits per heavy atom. The predicted octanol–water partition coefficient (Wildman–Crippen LogP) is 4.29. The van der Waals surface area contributed by atoms with E-state index in [0.717, 1.165) is 55.2 Å². The van der Waals surface area contributed by atoms with Gasteiger partial charge in [-0.25, -0.2) is 0 Å². The third-order valence-electron chi connectivity index (χ3n) is 11.6.